The van der Waals surface area contributed by atoms with Gasteiger partial charge in [-0.3, -0.25) is 33.6 Å². The van der Waals surface area contributed by atoms with E-state index in [0.717, 1.165) is 99.9 Å². The van der Waals surface area contributed by atoms with E-state index in [9.17, 15) is 67.7 Å². The lowest BCUT2D eigenvalue weighted by Crippen LogP contribution is -2.41. The van der Waals surface area contributed by atoms with Crippen LogP contribution in [0.4, 0.5) is 0 Å². The molecular formula is C105H186O32. The van der Waals surface area contributed by atoms with Crippen molar-refractivity contribution in [2.45, 2.75) is 478 Å². The van der Waals surface area contributed by atoms with Crippen LogP contribution < -0.4 is 0 Å². The van der Waals surface area contributed by atoms with Gasteiger partial charge in [-0.15, -0.1) is 0 Å². The number of rotatable bonds is 17. The number of cyclic esters (lactones) is 1. The van der Waals surface area contributed by atoms with Crippen molar-refractivity contribution in [3.8, 4) is 0 Å². The predicted octanol–water partition coefficient (Wildman–Crippen LogP) is 18.4. The first-order valence-electron chi connectivity index (χ1n) is 45.9. The highest BCUT2D eigenvalue weighted by atomic mass is 16.9. The molecule has 1 spiro atoms. The Balaban J connectivity index is 0.00000157. The number of esters is 12. The molecule has 29 unspecified atom stereocenters. The number of ether oxygens (including phenoxy) is 18. The summed E-state index contributed by atoms with van der Waals surface area (Å²) in [6.07, 6.45) is 10.3. The van der Waals surface area contributed by atoms with Gasteiger partial charge in [0.05, 0.1) is 64.1 Å². The Bertz CT molecular complexity index is 3990. The third-order valence-corrected chi connectivity index (χ3v) is 30.8. The topological polar surface area (TPSA) is 411 Å². The highest BCUT2D eigenvalue weighted by Gasteiger charge is 2.71. The van der Waals surface area contributed by atoms with Crippen LogP contribution in [-0.4, -0.2) is 217 Å². The quantitative estimate of drug-likeness (QED) is 0.0591. The second-order valence-electron chi connectivity index (χ2n) is 41.6. The lowest BCUT2D eigenvalue weighted by Gasteiger charge is -2.38. The maximum absolute atomic E-state index is 12.3. The molecule has 798 valence electrons. The average molecular weight is 1960 g/mol. The molecule has 0 radical (unpaired) electrons. The Hall–Kier alpha value is -6.94. The van der Waals surface area contributed by atoms with Crippen molar-refractivity contribution in [2.24, 2.45) is 97.6 Å². The minimum atomic E-state index is -1.44. The Morgan fingerprint density at radius 1 is 0.380 bits per heavy atom. The molecule has 0 aromatic rings. The van der Waals surface area contributed by atoms with Crippen LogP contribution in [0.5, 0.6) is 0 Å². The summed E-state index contributed by atoms with van der Waals surface area (Å²) in [4.78, 5) is 142. The minimum absolute atomic E-state index is 0. The number of allylic oxidation sites excluding steroid dienone is 1. The molecular weight excluding hydrogens is 1770 g/mol. The molecule has 29 atom stereocenters. The van der Waals surface area contributed by atoms with Crippen LogP contribution in [0.25, 0.3) is 0 Å². The summed E-state index contributed by atoms with van der Waals surface area (Å²) in [6.45, 7) is 37.6. The smallest absolute Gasteiger partial charge is 0.350 e. The molecule has 0 aromatic carbocycles. The molecule has 18 rings (SSSR count). The molecule has 10 aliphatic heterocycles. The molecule has 2 N–H and O–H groups in total. The molecule has 10 saturated heterocycles. The zero-order valence-corrected chi connectivity index (χ0v) is 76.9. The highest BCUT2D eigenvalue weighted by molar-refractivity contribution is 5.87. The molecule has 10 heterocycles. The average Bonchev–Trinajstić information content (AvgIpc) is 1.53. The molecule has 8 aliphatic carbocycles. The summed E-state index contributed by atoms with van der Waals surface area (Å²) in [5, 5.41) is 18.9. The first kappa shape index (κ1) is 130. The van der Waals surface area contributed by atoms with Crippen molar-refractivity contribution in [2.75, 3.05) is 13.7 Å². The Morgan fingerprint density at radius 3 is 1.27 bits per heavy atom. The maximum atomic E-state index is 12.3. The van der Waals surface area contributed by atoms with Crippen LogP contribution in [-0.2, 0) is 143 Å². The molecule has 0 aromatic heterocycles. The number of aliphatic hydroxyl groups excluding tert-OH is 2. The second-order valence-corrected chi connectivity index (χ2v) is 41.6. The number of hydrogen-bond acceptors (Lipinski definition) is 32. The Kier molecular flexibility index (Phi) is 47.8. The number of methoxy groups -OCH3 is 1. The van der Waals surface area contributed by atoms with Gasteiger partial charge in [-0.25, -0.2) is 24.0 Å². The number of fused-ring (bicyclic) bond motifs is 21. The molecule has 4 bridgehead atoms. The number of carbonyl (C=O) groups excluding carboxylic acids is 12. The fourth-order valence-corrected chi connectivity index (χ4v) is 20.6. The molecule has 32 heteroatoms. The van der Waals surface area contributed by atoms with Gasteiger partial charge in [0.25, 0.3) is 0 Å². The van der Waals surface area contributed by atoms with E-state index in [1.54, 1.807) is 27.7 Å². The van der Waals surface area contributed by atoms with Crippen molar-refractivity contribution >= 4 is 71.6 Å². The SMILES string of the molecule is C.C.C.C.C.C.C.C.C.C.C.C.CCC(C)(C)C(=O)OC.CCC(C)(C)C(=O)OC1C(=O)OC2C(O)C(O)OC12.CCC(C)(C)C(=O)OC1C(=O)OC2C1CC1OC(C)(C)OC12.CCC(C)(C)C(=O)OC1C(=O)OC2C3OC4(CCCCC4)OC3OC12.CCC(C)(C)C(=O)OC1C(=O)OC2C=CCC21.CCC(C)(C)C(=O)OC1C(=O)OC2CCCC21.O=C1OCC2C3CC(C12)C1C2CCC(C2)C31. The van der Waals surface area contributed by atoms with Crippen LogP contribution in [0.2, 0.25) is 0 Å². The van der Waals surface area contributed by atoms with E-state index in [1.807, 2.05) is 123 Å². The number of carbonyl (C=O) groups is 12. The van der Waals surface area contributed by atoms with Crippen molar-refractivity contribution in [1.29, 1.82) is 0 Å². The molecule has 32 nitrogen and oxygen atoms in total. The van der Waals surface area contributed by atoms with E-state index < -0.39 is 154 Å². The van der Waals surface area contributed by atoms with Crippen LogP contribution in [0, 0.1) is 97.6 Å². The van der Waals surface area contributed by atoms with Gasteiger partial charge in [0.2, 0.25) is 30.5 Å². The fourth-order valence-electron chi connectivity index (χ4n) is 20.6. The van der Waals surface area contributed by atoms with E-state index in [2.05, 4.69) is 4.74 Å². The van der Waals surface area contributed by atoms with Crippen molar-refractivity contribution in [3.05, 3.63) is 12.2 Å². The van der Waals surface area contributed by atoms with Gasteiger partial charge < -0.3 is 95.5 Å². The van der Waals surface area contributed by atoms with Gasteiger partial charge >= 0.3 is 71.6 Å². The second kappa shape index (κ2) is 50.3. The van der Waals surface area contributed by atoms with E-state index in [-0.39, 0.29) is 179 Å². The summed E-state index contributed by atoms with van der Waals surface area (Å²) in [6, 6.07) is 0. The standard InChI is InChI=1S/C18H26O7.C16H24O6.C14H18O2.C13H20O4.C13H18O4.C12H18O7.C7H14O2.12CH4/c1-4-17(2,3)16(20)23-12-10-11(21-14(12)19)13-15(22-10)25-18(24-13)8-6-5-7-9-18;1-6-15(2,3)14(18)20-11-8-7-9-12(10(8)19-13(11)17)22-16(4,5)21-9;15-14-13-9-4-8(10(13)5-16-14)11-6-1-2-7(3-6)12(9)11;2*1-4-13(2,3)12(15)17-10-8-6-5-7-9(8)16-11(10)14;1-4-12(2,3)11(16)19-8-7-6(17-10(8)15)5(13)9(14)18-7;1-5-7(2,3)6(8)9-4;;;;;;;;;;;;/h10-13,15H,4-9H2,1-3H3;8-12H,6-7H2,1-5H3;6-13H,1-5H2;8-10H,4-7H2,1-3H3;5,7-10H,4,6H2,1-3H3;5-9,13-14H,4H2,1-3H3;5H2,1-4H3;12*1H4. The van der Waals surface area contributed by atoms with E-state index in [4.69, 9.17) is 80.5 Å². The number of hydrogen-bond donors (Lipinski definition) is 2. The summed E-state index contributed by atoms with van der Waals surface area (Å²) in [7, 11) is 1.42. The van der Waals surface area contributed by atoms with Crippen LogP contribution >= 0.6 is 0 Å². The summed E-state index contributed by atoms with van der Waals surface area (Å²) >= 11 is 0. The Morgan fingerprint density at radius 2 is 0.796 bits per heavy atom. The third kappa shape index (κ3) is 26.4. The summed E-state index contributed by atoms with van der Waals surface area (Å²) < 4.78 is 97.6. The van der Waals surface area contributed by atoms with Gasteiger partial charge in [0.15, 0.2) is 42.5 Å². The van der Waals surface area contributed by atoms with E-state index >= 15 is 0 Å². The summed E-state index contributed by atoms with van der Waals surface area (Å²) in [5.41, 5.74) is -3.39. The predicted molar refractivity (Wildman–Crippen MR) is 517 cm³/mol. The normalized spacial score (nSPS) is 34.9. The first-order valence-corrected chi connectivity index (χ1v) is 45.9. The first-order chi connectivity index (χ1) is 58.6. The minimum Gasteiger partial charge on any atom is -0.469 e. The molecule has 137 heavy (non-hydrogen) atoms. The van der Waals surface area contributed by atoms with Crippen LogP contribution in [0.3, 0.4) is 0 Å². The van der Waals surface area contributed by atoms with Gasteiger partial charge in [-0.1, -0.05) is 143 Å². The lowest BCUT2D eigenvalue weighted by molar-refractivity contribution is -0.246. The van der Waals surface area contributed by atoms with Crippen molar-refractivity contribution in [3.63, 3.8) is 0 Å². The van der Waals surface area contributed by atoms with E-state index in [1.165, 1.54) is 39.2 Å². The molecule has 7 saturated carbocycles. The van der Waals surface area contributed by atoms with Crippen molar-refractivity contribution < 1.29 is 153 Å². The maximum Gasteiger partial charge on any atom is 0.350 e. The molecule has 0 amide bonds. The largest absolute Gasteiger partial charge is 0.469 e. The summed E-state index contributed by atoms with van der Waals surface area (Å²) in [5.74, 6) is 0.566. The van der Waals surface area contributed by atoms with Crippen LogP contribution in [0.1, 0.15) is 356 Å². The number of aliphatic hydroxyl groups is 2. The van der Waals surface area contributed by atoms with Crippen molar-refractivity contribution in [1.82, 2.24) is 0 Å². The monoisotopic (exact) mass is 1960 g/mol. The zero-order valence-electron chi connectivity index (χ0n) is 76.9. The molecule has 17 fully saturated rings. The van der Waals surface area contributed by atoms with Crippen LogP contribution in [0.15, 0.2) is 12.2 Å². The Labute approximate surface area is 822 Å². The third-order valence-electron chi connectivity index (χ3n) is 30.8. The highest BCUT2D eigenvalue weighted by Crippen LogP contribution is 2.71. The van der Waals surface area contributed by atoms with Gasteiger partial charge in [-0.2, -0.15) is 0 Å². The fraction of sp³-hybridized carbons (Fsp3) is 0.867. The van der Waals surface area contributed by atoms with Gasteiger partial charge in [-0.05, 0) is 248 Å². The lowest BCUT2D eigenvalue weighted by atomic mass is 9.64. The zero-order chi connectivity index (χ0) is 91.7. The van der Waals surface area contributed by atoms with E-state index in [0.29, 0.717) is 50.4 Å². The van der Waals surface area contributed by atoms with Gasteiger partial charge in [0.1, 0.15) is 42.7 Å². The van der Waals surface area contributed by atoms with Gasteiger partial charge in [0, 0.05) is 30.6 Å². The molecule has 18 aliphatic rings.